The van der Waals surface area contributed by atoms with E-state index in [0.29, 0.717) is 11.7 Å². The first-order valence-electron chi connectivity index (χ1n) is 8.36. The maximum Gasteiger partial charge on any atom is 0.332 e. The van der Waals surface area contributed by atoms with Gasteiger partial charge < -0.3 is 5.11 Å². The van der Waals surface area contributed by atoms with Crippen LogP contribution in [0, 0.1) is 0 Å². The maximum absolute atomic E-state index is 12.3. The smallest absolute Gasteiger partial charge is 0.332 e. The topological polar surface area (TPSA) is 37.3 Å². The second-order valence-corrected chi connectivity index (χ2v) is 9.21. The molecule has 0 atom stereocenters. The molecular formula is C22H21O2P. The average molecular weight is 348 g/mol. The Morgan fingerprint density at radius 1 is 0.720 bits per heavy atom. The molecule has 0 spiro atoms. The minimum Gasteiger partial charge on any atom is -0.478 e. The lowest BCUT2D eigenvalue weighted by molar-refractivity contribution is -0.129. The van der Waals surface area contributed by atoms with E-state index in [1.54, 1.807) is 0 Å². The van der Waals surface area contributed by atoms with Gasteiger partial charge in [-0.15, -0.1) is 0 Å². The van der Waals surface area contributed by atoms with E-state index < -0.39 is 12.9 Å². The number of hydrogen-bond acceptors (Lipinski definition) is 1. The largest absolute Gasteiger partial charge is 0.478 e. The summed E-state index contributed by atoms with van der Waals surface area (Å²) in [6.07, 6.45) is 0.502. The lowest BCUT2D eigenvalue weighted by Gasteiger charge is -2.31. The van der Waals surface area contributed by atoms with Crippen molar-refractivity contribution >= 4 is 34.1 Å². The maximum atomic E-state index is 12.3. The molecule has 0 aliphatic heterocycles. The minimum atomic E-state index is -2.40. The van der Waals surface area contributed by atoms with Crippen molar-refractivity contribution in [1.82, 2.24) is 0 Å². The molecule has 126 valence electrons. The SMILES string of the molecule is CCC(C(=O)O)=P(c1ccccc1)(c1ccccc1)c1ccccc1. The number of rotatable bonds is 5. The monoisotopic (exact) mass is 348 g/mol. The zero-order chi connectivity index (χ0) is 17.7. The number of aliphatic carboxylic acids is 1. The van der Waals surface area contributed by atoms with Crippen molar-refractivity contribution in [1.29, 1.82) is 0 Å². The van der Waals surface area contributed by atoms with E-state index in [9.17, 15) is 9.90 Å². The third kappa shape index (κ3) is 3.06. The summed E-state index contributed by atoms with van der Waals surface area (Å²) in [6, 6.07) is 30.2. The molecule has 0 radical (unpaired) electrons. The van der Waals surface area contributed by atoms with Crippen molar-refractivity contribution in [2.45, 2.75) is 13.3 Å². The Morgan fingerprint density at radius 3 is 1.28 bits per heavy atom. The van der Waals surface area contributed by atoms with Gasteiger partial charge >= 0.3 is 5.97 Å². The molecule has 0 saturated heterocycles. The standard InChI is InChI=1S/C22H21O2P/c1-2-21(22(23)24)25(18-12-6-3-7-13-18,19-14-8-4-9-15-19)20-16-10-5-11-17-20/h3-17H,2H2,1H3,(H,23,24). The van der Waals surface area contributed by atoms with Gasteiger partial charge in [0.05, 0.1) is 0 Å². The van der Waals surface area contributed by atoms with Gasteiger partial charge in [0.15, 0.2) is 0 Å². The Bertz CT molecular complexity index is 797. The zero-order valence-corrected chi connectivity index (χ0v) is 15.1. The number of carboxylic acids is 1. The van der Waals surface area contributed by atoms with Gasteiger partial charge in [0.2, 0.25) is 0 Å². The van der Waals surface area contributed by atoms with Crippen molar-refractivity contribution in [3.05, 3.63) is 91.0 Å². The molecule has 3 heteroatoms. The third-order valence-corrected chi connectivity index (χ3v) is 8.95. The molecule has 3 aromatic rings. The Kier molecular flexibility index (Phi) is 5.21. The number of hydrogen-bond donors (Lipinski definition) is 1. The van der Waals surface area contributed by atoms with Crippen LogP contribution >= 0.6 is 6.89 Å². The van der Waals surface area contributed by atoms with E-state index in [1.807, 2.05) is 61.5 Å². The van der Waals surface area contributed by atoms with Crippen LogP contribution in [0.25, 0.3) is 0 Å². The van der Waals surface area contributed by atoms with Crippen LogP contribution in [0.3, 0.4) is 0 Å². The summed E-state index contributed by atoms with van der Waals surface area (Å²) in [5.74, 6) is -0.813. The van der Waals surface area contributed by atoms with Crippen LogP contribution in [-0.2, 0) is 4.79 Å². The lowest BCUT2D eigenvalue weighted by Crippen LogP contribution is -2.33. The molecule has 3 aromatic carbocycles. The van der Waals surface area contributed by atoms with Crippen LogP contribution < -0.4 is 15.9 Å². The predicted octanol–water partition coefficient (Wildman–Crippen LogP) is 3.65. The summed E-state index contributed by atoms with van der Waals surface area (Å²) in [6.45, 7) is -0.465. The fourth-order valence-electron chi connectivity index (χ4n) is 3.40. The summed E-state index contributed by atoms with van der Waals surface area (Å²) < 4.78 is 0. The van der Waals surface area contributed by atoms with E-state index in [4.69, 9.17) is 0 Å². The van der Waals surface area contributed by atoms with Crippen molar-refractivity contribution in [2.75, 3.05) is 0 Å². The quantitative estimate of drug-likeness (QED) is 0.715. The minimum absolute atomic E-state index is 0.502. The molecule has 0 aromatic heterocycles. The van der Waals surface area contributed by atoms with Crippen molar-refractivity contribution in [2.24, 2.45) is 0 Å². The highest BCUT2D eigenvalue weighted by molar-refractivity contribution is 7.96. The summed E-state index contributed by atoms with van der Waals surface area (Å²) in [7, 11) is 0. The first kappa shape index (κ1) is 17.3. The van der Waals surface area contributed by atoms with Crippen molar-refractivity contribution in [3.63, 3.8) is 0 Å². The summed E-state index contributed by atoms with van der Waals surface area (Å²) >= 11 is 0. The highest BCUT2D eigenvalue weighted by Crippen LogP contribution is 2.46. The molecule has 0 heterocycles. The number of carbonyl (C=O) groups is 1. The number of benzene rings is 3. The summed E-state index contributed by atoms with van der Waals surface area (Å²) in [5.41, 5.74) is 0. The Morgan fingerprint density at radius 2 is 1.04 bits per heavy atom. The van der Waals surface area contributed by atoms with E-state index in [2.05, 4.69) is 36.4 Å². The van der Waals surface area contributed by atoms with Crippen LogP contribution in [0.2, 0.25) is 0 Å². The molecule has 0 unspecified atom stereocenters. The predicted molar refractivity (Wildman–Crippen MR) is 108 cm³/mol. The van der Waals surface area contributed by atoms with Crippen molar-refractivity contribution < 1.29 is 9.90 Å². The molecule has 0 aliphatic carbocycles. The first-order valence-corrected chi connectivity index (χ1v) is 10.2. The summed E-state index contributed by atoms with van der Waals surface area (Å²) in [5, 5.41) is 13.9. The average Bonchev–Trinajstić information content (AvgIpc) is 2.68. The molecule has 1 N–H and O–H groups in total. The van der Waals surface area contributed by atoms with E-state index in [-0.39, 0.29) is 0 Å². The second kappa shape index (κ2) is 7.55. The zero-order valence-electron chi connectivity index (χ0n) is 14.2. The van der Waals surface area contributed by atoms with Gasteiger partial charge in [-0.1, -0.05) is 97.9 Å². The van der Waals surface area contributed by atoms with Gasteiger partial charge in [-0.2, -0.15) is 0 Å². The fourth-order valence-corrected chi connectivity index (χ4v) is 7.85. The van der Waals surface area contributed by atoms with E-state index in [1.165, 1.54) is 0 Å². The van der Waals surface area contributed by atoms with E-state index in [0.717, 1.165) is 15.9 Å². The molecule has 0 aliphatic rings. The molecule has 0 saturated carbocycles. The third-order valence-electron chi connectivity index (χ3n) is 4.42. The molecule has 0 fully saturated rings. The van der Waals surface area contributed by atoms with Crippen LogP contribution in [-0.4, -0.2) is 16.4 Å². The van der Waals surface area contributed by atoms with Crippen LogP contribution in [0.5, 0.6) is 0 Å². The van der Waals surface area contributed by atoms with Crippen LogP contribution in [0.15, 0.2) is 91.0 Å². The molecule has 0 amide bonds. The molecule has 0 bridgehead atoms. The van der Waals surface area contributed by atoms with E-state index >= 15 is 0 Å². The lowest BCUT2D eigenvalue weighted by atomic mass is 10.3. The van der Waals surface area contributed by atoms with Gasteiger partial charge in [-0.3, -0.25) is 0 Å². The first-order chi connectivity index (χ1) is 12.2. The van der Waals surface area contributed by atoms with Crippen LogP contribution in [0.4, 0.5) is 0 Å². The Labute approximate surface area is 148 Å². The second-order valence-electron chi connectivity index (χ2n) is 5.78. The molecule has 2 nitrogen and oxygen atoms in total. The Hall–Kier alpha value is -2.57. The summed E-state index contributed by atoms with van der Waals surface area (Å²) in [4.78, 5) is 12.3. The highest BCUT2D eigenvalue weighted by Gasteiger charge is 2.31. The van der Waals surface area contributed by atoms with Crippen molar-refractivity contribution in [3.8, 4) is 0 Å². The van der Waals surface area contributed by atoms with Gasteiger partial charge in [-0.25, -0.2) is 4.79 Å². The number of carboxylic acid groups (broad SMARTS) is 1. The normalized spacial score (nSPS) is 11.1. The highest BCUT2D eigenvalue weighted by atomic mass is 31.2. The molecule has 25 heavy (non-hydrogen) atoms. The van der Waals surface area contributed by atoms with Crippen LogP contribution in [0.1, 0.15) is 13.3 Å². The molecular weight excluding hydrogens is 327 g/mol. The van der Waals surface area contributed by atoms with Gasteiger partial charge in [0.25, 0.3) is 0 Å². The molecule has 3 rings (SSSR count). The fraction of sp³-hybridized carbons (Fsp3) is 0.0909. The Balaban J connectivity index is 2.57. The van der Waals surface area contributed by atoms with Gasteiger partial charge in [0.1, 0.15) is 0 Å². The van der Waals surface area contributed by atoms with Gasteiger partial charge in [-0.05, 0) is 29.2 Å². The van der Waals surface area contributed by atoms with Gasteiger partial charge in [0, 0.05) is 5.29 Å².